The summed E-state index contributed by atoms with van der Waals surface area (Å²) in [6.45, 7) is 0.853. The van der Waals surface area contributed by atoms with Crippen molar-refractivity contribution < 1.29 is 9.84 Å². The molecule has 0 saturated heterocycles. The van der Waals surface area contributed by atoms with E-state index in [9.17, 15) is 5.11 Å². The Labute approximate surface area is 105 Å². The summed E-state index contributed by atoms with van der Waals surface area (Å²) in [6, 6.07) is 7.72. The molecule has 0 fully saturated rings. The maximum atomic E-state index is 9.87. The number of fused-ring (bicyclic) bond motifs is 1. The summed E-state index contributed by atoms with van der Waals surface area (Å²) in [5.41, 5.74) is 0.960. The van der Waals surface area contributed by atoms with Gasteiger partial charge in [-0.1, -0.05) is 12.1 Å². The number of aliphatic hydroxyl groups is 1. The lowest BCUT2D eigenvalue weighted by Gasteiger charge is -2.19. The van der Waals surface area contributed by atoms with E-state index in [1.165, 1.54) is 0 Å². The summed E-state index contributed by atoms with van der Waals surface area (Å²) in [5.74, 6) is 2.25. The van der Waals surface area contributed by atoms with Crippen LogP contribution in [0, 0.1) is 0 Å². The highest BCUT2D eigenvalue weighted by atomic mass is 16.5. The largest absolute Gasteiger partial charge is 0.497 e. The molecule has 3 rings (SSSR count). The second-order valence-electron chi connectivity index (χ2n) is 4.42. The number of aliphatic hydroxyl groups excluding tert-OH is 1. The van der Waals surface area contributed by atoms with Gasteiger partial charge in [0, 0.05) is 12.1 Å². The minimum Gasteiger partial charge on any atom is -0.497 e. The molecule has 5 nitrogen and oxygen atoms in total. The minimum atomic E-state index is -0.495. The predicted octanol–water partition coefficient (Wildman–Crippen LogP) is 1.78. The Bertz CT molecular complexity index is 565. The highest BCUT2D eigenvalue weighted by Gasteiger charge is 2.23. The summed E-state index contributed by atoms with van der Waals surface area (Å²) in [6.07, 6.45) is 1.21. The summed E-state index contributed by atoms with van der Waals surface area (Å²) in [4.78, 5) is 0. The SMILES string of the molecule is COc1cccc(-c2nnc3n2CCCC3O)c1. The van der Waals surface area contributed by atoms with Crippen LogP contribution in [0.4, 0.5) is 0 Å². The molecule has 0 bridgehead atoms. The van der Waals surface area contributed by atoms with Crippen molar-refractivity contribution in [2.45, 2.75) is 25.5 Å². The topological polar surface area (TPSA) is 60.2 Å². The normalized spacial score (nSPS) is 18.4. The molecule has 1 aromatic heterocycles. The van der Waals surface area contributed by atoms with E-state index in [4.69, 9.17) is 4.74 Å². The van der Waals surface area contributed by atoms with Gasteiger partial charge in [-0.3, -0.25) is 0 Å². The van der Waals surface area contributed by atoms with E-state index in [1.54, 1.807) is 7.11 Å². The quantitative estimate of drug-likeness (QED) is 0.876. The second kappa shape index (κ2) is 4.42. The Morgan fingerprint density at radius 2 is 2.28 bits per heavy atom. The van der Waals surface area contributed by atoms with Crippen molar-refractivity contribution >= 4 is 0 Å². The molecule has 1 aliphatic rings. The van der Waals surface area contributed by atoms with Crippen molar-refractivity contribution in [2.24, 2.45) is 0 Å². The van der Waals surface area contributed by atoms with E-state index in [1.807, 2.05) is 28.8 Å². The third-order valence-corrected chi connectivity index (χ3v) is 3.26. The van der Waals surface area contributed by atoms with E-state index in [0.29, 0.717) is 5.82 Å². The van der Waals surface area contributed by atoms with Crippen LogP contribution in [0.25, 0.3) is 11.4 Å². The third-order valence-electron chi connectivity index (χ3n) is 3.26. The van der Waals surface area contributed by atoms with Crippen LogP contribution in [0.15, 0.2) is 24.3 Å². The zero-order chi connectivity index (χ0) is 12.5. The van der Waals surface area contributed by atoms with Crippen molar-refractivity contribution in [2.75, 3.05) is 7.11 Å². The molecule has 0 amide bonds. The molecular weight excluding hydrogens is 230 g/mol. The summed E-state index contributed by atoms with van der Waals surface area (Å²) < 4.78 is 7.20. The maximum absolute atomic E-state index is 9.87. The van der Waals surface area contributed by atoms with Crippen LogP contribution in [0.5, 0.6) is 5.75 Å². The number of nitrogens with zero attached hydrogens (tertiary/aromatic N) is 3. The predicted molar refractivity (Wildman–Crippen MR) is 66.2 cm³/mol. The number of rotatable bonds is 2. The molecule has 5 heteroatoms. The van der Waals surface area contributed by atoms with E-state index in [2.05, 4.69) is 10.2 Å². The first-order valence-corrected chi connectivity index (χ1v) is 6.05. The fourth-order valence-electron chi connectivity index (χ4n) is 2.33. The third kappa shape index (κ3) is 1.76. The smallest absolute Gasteiger partial charge is 0.164 e. The maximum Gasteiger partial charge on any atom is 0.164 e. The molecule has 18 heavy (non-hydrogen) atoms. The number of hydrogen-bond acceptors (Lipinski definition) is 4. The Morgan fingerprint density at radius 3 is 3.11 bits per heavy atom. The molecule has 2 heterocycles. The van der Waals surface area contributed by atoms with Gasteiger partial charge in [-0.2, -0.15) is 0 Å². The first-order valence-electron chi connectivity index (χ1n) is 6.05. The standard InChI is InChI=1S/C13H15N3O2/c1-18-10-5-2-4-9(8-10)12-14-15-13-11(17)6-3-7-16(12)13/h2,4-5,8,11,17H,3,6-7H2,1H3. The number of benzene rings is 1. The lowest BCUT2D eigenvalue weighted by molar-refractivity contribution is 0.134. The highest BCUT2D eigenvalue weighted by Crippen LogP contribution is 2.29. The van der Waals surface area contributed by atoms with E-state index >= 15 is 0 Å². The average molecular weight is 245 g/mol. The molecule has 0 radical (unpaired) electrons. The highest BCUT2D eigenvalue weighted by molar-refractivity contribution is 5.58. The molecule has 2 aromatic rings. The van der Waals surface area contributed by atoms with Gasteiger partial charge in [0.2, 0.25) is 0 Å². The van der Waals surface area contributed by atoms with Crippen LogP contribution < -0.4 is 4.74 Å². The Balaban J connectivity index is 2.06. The number of methoxy groups -OCH3 is 1. The fourth-order valence-corrected chi connectivity index (χ4v) is 2.33. The van der Waals surface area contributed by atoms with Crippen LogP contribution in [-0.2, 0) is 6.54 Å². The molecule has 0 spiro atoms. The van der Waals surface area contributed by atoms with Gasteiger partial charge in [0.05, 0.1) is 7.11 Å². The fraction of sp³-hybridized carbons (Fsp3) is 0.385. The van der Waals surface area contributed by atoms with Gasteiger partial charge in [0.1, 0.15) is 11.9 Å². The molecular formula is C13H15N3O2. The molecule has 1 unspecified atom stereocenters. The zero-order valence-electron chi connectivity index (χ0n) is 10.2. The van der Waals surface area contributed by atoms with Crippen molar-refractivity contribution in [3.8, 4) is 17.1 Å². The van der Waals surface area contributed by atoms with Gasteiger partial charge in [0.15, 0.2) is 11.6 Å². The monoisotopic (exact) mass is 245 g/mol. The van der Waals surface area contributed by atoms with Crippen LogP contribution in [0.3, 0.4) is 0 Å². The van der Waals surface area contributed by atoms with Crippen LogP contribution in [0.1, 0.15) is 24.8 Å². The van der Waals surface area contributed by atoms with Gasteiger partial charge in [-0.05, 0) is 25.0 Å². The number of aromatic nitrogens is 3. The molecule has 1 aromatic carbocycles. The molecule has 0 aliphatic carbocycles. The first kappa shape index (κ1) is 11.2. The van der Waals surface area contributed by atoms with Crippen molar-refractivity contribution in [3.05, 3.63) is 30.1 Å². The van der Waals surface area contributed by atoms with Gasteiger partial charge < -0.3 is 14.4 Å². The second-order valence-corrected chi connectivity index (χ2v) is 4.42. The molecule has 1 aliphatic heterocycles. The molecule has 1 atom stereocenters. The van der Waals surface area contributed by atoms with Crippen LogP contribution in [0.2, 0.25) is 0 Å². The van der Waals surface area contributed by atoms with E-state index < -0.39 is 6.10 Å². The number of hydrogen-bond donors (Lipinski definition) is 1. The summed E-state index contributed by atoms with van der Waals surface area (Å²) >= 11 is 0. The lowest BCUT2D eigenvalue weighted by Crippen LogP contribution is -2.16. The Hall–Kier alpha value is -1.88. The Morgan fingerprint density at radius 1 is 1.39 bits per heavy atom. The first-order chi connectivity index (χ1) is 8.79. The van der Waals surface area contributed by atoms with Crippen molar-refractivity contribution in [1.29, 1.82) is 0 Å². The lowest BCUT2D eigenvalue weighted by atomic mass is 10.1. The van der Waals surface area contributed by atoms with Gasteiger partial charge in [-0.15, -0.1) is 10.2 Å². The van der Waals surface area contributed by atoms with E-state index in [-0.39, 0.29) is 0 Å². The molecule has 1 N–H and O–H groups in total. The summed E-state index contributed by atoms with van der Waals surface area (Å²) in [7, 11) is 1.64. The van der Waals surface area contributed by atoms with Crippen LogP contribution in [-0.4, -0.2) is 27.0 Å². The average Bonchev–Trinajstić information content (AvgIpc) is 2.84. The zero-order valence-corrected chi connectivity index (χ0v) is 10.2. The van der Waals surface area contributed by atoms with Crippen molar-refractivity contribution in [3.63, 3.8) is 0 Å². The summed E-state index contributed by atoms with van der Waals surface area (Å²) in [5, 5.41) is 18.2. The van der Waals surface area contributed by atoms with Gasteiger partial charge in [-0.25, -0.2) is 0 Å². The Kier molecular flexibility index (Phi) is 2.76. The van der Waals surface area contributed by atoms with Crippen molar-refractivity contribution in [1.82, 2.24) is 14.8 Å². The van der Waals surface area contributed by atoms with Crippen LogP contribution >= 0.6 is 0 Å². The molecule has 0 saturated carbocycles. The minimum absolute atomic E-state index is 0.495. The van der Waals surface area contributed by atoms with Gasteiger partial charge in [0.25, 0.3) is 0 Å². The van der Waals surface area contributed by atoms with Gasteiger partial charge >= 0.3 is 0 Å². The van der Waals surface area contributed by atoms with E-state index in [0.717, 1.165) is 36.5 Å². The molecule has 94 valence electrons. The number of ether oxygens (including phenoxy) is 1.